The van der Waals surface area contributed by atoms with Gasteiger partial charge in [0.15, 0.2) is 0 Å². The number of aromatic nitrogens is 2. The Morgan fingerprint density at radius 1 is 1.04 bits per heavy atom. The van der Waals surface area contributed by atoms with Gasteiger partial charge >= 0.3 is 0 Å². The molecule has 2 aliphatic rings. The van der Waals surface area contributed by atoms with Crippen LogP contribution in [0.15, 0.2) is 6.07 Å². The third-order valence-electron chi connectivity index (χ3n) is 4.85. The van der Waals surface area contributed by atoms with E-state index in [9.17, 15) is 4.79 Å². The molecule has 2 fully saturated rings. The Kier molecular flexibility index (Phi) is 6.07. The molecule has 7 heteroatoms. The van der Waals surface area contributed by atoms with Gasteiger partial charge in [-0.3, -0.25) is 4.79 Å². The number of hydrogen-bond acceptors (Lipinski definition) is 6. The van der Waals surface area contributed by atoms with E-state index in [0.29, 0.717) is 6.42 Å². The Labute approximate surface area is 150 Å². The lowest BCUT2D eigenvalue weighted by atomic mass is 10.2. The van der Waals surface area contributed by atoms with E-state index in [1.165, 1.54) is 0 Å². The zero-order valence-electron chi connectivity index (χ0n) is 15.4. The summed E-state index contributed by atoms with van der Waals surface area (Å²) in [6, 6.07) is 2.08. The van der Waals surface area contributed by atoms with Crippen molar-refractivity contribution in [1.82, 2.24) is 14.9 Å². The van der Waals surface area contributed by atoms with E-state index >= 15 is 0 Å². The third-order valence-corrected chi connectivity index (χ3v) is 4.85. The first kappa shape index (κ1) is 17.9. The number of nitrogens with zero attached hydrogens (tertiary/aromatic N) is 5. The summed E-state index contributed by atoms with van der Waals surface area (Å²) in [5.41, 5.74) is 0. The van der Waals surface area contributed by atoms with E-state index in [2.05, 4.69) is 32.8 Å². The fourth-order valence-corrected chi connectivity index (χ4v) is 3.32. The Morgan fingerprint density at radius 3 is 2.24 bits per heavy atom. The number of carbonyl (C=O) groups excluding carboxylic acids is 1. The number of carbonyl (C=O) groups is 1. The maximum absolute atomic E-state index is 12.2. The van der Waals surface area contributed by atoms with Crippen LogP contribution in [0.1, 0.15) is 32.0 Å². The second-order valence-corrected chi connectivity index (χ2v) is 6.70. The molecule has 3 heterocycles. The van der Waals surface area contributed by atoms with E-state index in [1.807, 2.05) is 11.8 Å². The topological polar surface area (TPSA) is 61.8 Å². The number of aryl methyl sites for hydroxylation is 1. The Hall–Kier alpha value is -1.89. The van der Waals surface area contributed by atoms with Gasteiger partial charge in [0.05, 0.1) is 13.2 Å². The minimum Gasteiger partial charge on any atom is -0.378 e. The molecule has 0 aromatic carbocycles. The van der Waals surface area contributed by atoms with Crippen LogP contribution in [0.3, 0.4) is 0 Å². The molecule has 138 valence electrons. The van der Waals surface area contributed by atoms with Crippen molar-refractivity contribution in [3.63, 3.8) is 0 Å². The van der Waals surface area contributed by atoms with Gasteiger partial charge in [0.1, 0.15) is 17.5 Å². The van der Waals surface area contributed by atoms with Crippen molar-refractivity contribution >= 4 is 17.5 Å². The number of piperazine rings is 1. The molecule has 0 spiro atoms. The highest BCUT2D eigenvalue weighted by Crippen LogP contribution is 2.21. The van der Waals surface area contributed by atoms with Gasteiger partial charge < -0.3 is 19.4 Å². The largest absolute Gasteiger partial charge is 0.378 e. The molecular formula is C18H29N5O2. The van der Waals surface area contributed by atoms with Gasteiger partial charge in [0.2, 0.25) is 5.91 Å². The highest BCUT2D eigenvalue weighted by atomic mass is 16.5. The summed E-state index contributed by atoms with van der Waals surface area (Å²) < 4.78 is 5.43. The molecule has 1 amide bonds. The van der Waals surface area contributed by atoms with Crippen molar-refractivity contribution in [3.05, 3.63) is 11.9 Å². The van der Waals surface area contributed by atoms with Crippen LogP contribution in [-0.4, -0.2) is 73.3 Å². The van der Waals surface area contributed by atoms with Gasteiger partial charge in [-0.15, -0.1) is 0 Å². The molecule has 0 saturated carbocycles. The number of rotatable bonds is 5. The zero-order valence-corrected chi connectivity index (χ0v) is 15.4. The molecule has 3 rings (SSSR count). The van der Waals surface area contributed by atoms with E-state index in [0.717, 1.165) is 82.8 Å². The van der Waals surface area contributed by atoms with Crippen LogP contribution in [0.2, 0.25) is 0 Å². The second kappa shape index (κ2) is 8.47. The van der Waals surface area contributed by atoms with Crippen molar-refractivity contribution in [2.45, 2.75) is 33.1 Å². The van der Waals surface area contributed by atoms with E-state index < -0.39 is 0 Å². The lowest BCUT2D eigenvalue weighted by Gasteiger charge is -2.36. The number of ether oxygens (including phenoxy) is 1. The summed E-state index contributed by atoms with van der Waals surface area (Å²) in [5.74, 6) is 3.02. The number of anilines is 2. The molecule has 0 N–H and O–H groups in total. The molecule has 2 aliphatic heterocycles. The van der Waals surface area contributed by atoms with Crippen LogP contribution < -0.4 is 9.80 Å². The molecule has 1 aromatic heterocycles. The maximum Gasteiger partial charge on any atom is 0.222 e. The van der Waals surface area contributed by atoms with Crippen LogP contribution in [0.5, 0.6) is 0 Å². The van der Waals surface area contributed by atoms with Gasteiger partial charge in [0.25, 0.3) is 0 Å². The summed E-state index contributed by atoms with van der Waals surface area (Å²) in [6.45, 7) is 10.5. The van der Waals surface area contributed by atoms with Gasteiger partial charge in [-0.2, -0.15) is 0 Å². The highest BCUT2D eigenvalue weighted by Gasteiger charge is 2.23. The van der Waals surface area contributed by atoms with Gasteiger partial charge in [-0.05, 0) is 13.3 Å². The molecule has 0 atom stereocenters. The Balaban J connectivity index is 1.63. The lowest BCUT2D eigenvalue weighted by molar-refractivity contribution is -0.131. The first-order valence-corrected chi connectivity index (χ1v) is 9.38. The monoisotopic (exact) mass is 347 g/mol. The lowest BCUT2D eigenvalue weighted by Crippen LogP contribution is -2.49. The fourth-order valence-electron chi connectivity index (χ4n) is 3.32. The summed E-state index contributed by atoms with van der Waals surface area (Å²) >= 11 is 0. The summed E-state index contributed by atoms with van der Waals surface area (Å²) in [6.07, 6.45) is 2.72. The predicted molar refractivity (Wildman–Crippen MR) is 98.1 cm³/mol. The first-order valence-electron chi connectivity index (χ1n) is 9.38. The van der Waals surface area contributed by atoms with Crippen LogP contribution >= 0.6 is 0 Å². The van der Waals surface area contributed by atoms with E-state index in [4.69, 9.17) is 4.74 Å². The third kappa shape index (κ3) is 4.60. The molecule has 0 bridgehead atoms. The molecular weight excluding hydrogens is 318 g/mol. The molecule has 0 radical (unpaired) electrons. The van der Waals surface area contributed by atoms with Crippen molar-refractivity contribution in [3.8, 4) is 0 Å². The molecule has 0 unspecified atom stereocenters. The van der Waals surface area contributed by atoms with Gasteiger partial charge in [-0.25, -0.2) is 9.97 Å². The molecule has 2 saturated heterocycles. The van der Waals surface area contributed by atoms with E-state index in [1.54, 1.807) is 0 Å². The van der Waals surface area contributed by atoms with Crippen molar-refractivity contribution in [1.29, 1.82) is 0 Å². The first-order chi connectivity index (χ1) is 12.2. The number of unbranched alkanes of at least 4 members (excludes halogenated alkanes) is 1. The quantitative estimate of drug-likeness (QED) is 0.804. The second-order valence-electron chi connectivity index (χ2n) is 6.70. The Morgan fingerprint density at radius 2 is 1.64 bits per heavy atom. The normalized spacial score (nSPS) is 18.6. The SMILES string of the molecule is CCCCC(=O)N1CCN(c2cc(N3CCOCC3)nc(C)n2)CC1. The van der Waals surface area contributed by atoms with Crippen LogP contribution in [0, 0.1) is 6.92 Å². The highest BCUT2D eigenvalue weighted by molar-refractivity contribution is 5.76. The molecule has 7 nitrogen and oxygen atoms in total. The zero-order chi connectivity index (χ0) is 17.6. The summed E-state index contributed by atoms with van der Waals surface area (Å²) in [7, 11) is 0. The minimum absolute atomic E-state index is 0.286. The molecule has 25 heavy (non-hydrogen) atoms. The average molecular weight is 347 g/mol. The molecule has 0 aliphatic carbocycles. The fraction of sp³-hybridized carbons (Fsp3) is 0.722. The number of hydrogen-bond donors (Lipinski definition) is 0. The maximum atomic E-state index is 12.2. The Bertz CT molecular complexity index is 581. The summed E-state index contributed by atoms with van der Waals surface area (Å²) in [4.78, 5) is 27.9. The smallest absolute Gasteiger partial charge is 0.222 e. The van der Waals surface area contributed by atoms with Crippen molar-refractivity contribution in [2.75, 3.05) is 62.3 Å². The van der Waals surface area contributed by atoms with Crippen LogP contribution in [0.25, 0.3) is 0 Å². The predicted octanol–water partition coefficient (Wildman–Crippen LogP) is 1.46. The minimum atomic E-state index is 0.286. The molecule has 1 aromatic rings. The van der Waals surface area contributed by atoms with Gasteiger partial charge in [0, 0.05) is 51.8 Å². The standard InChI is InChI=1S/C18H29N5O2/c1-3-4-5-18(24)23-8-6-21(7-9-23)16-14-17(20-15(2)19-16)22-10-12-25-13-11-22/h14H,3-13H2,1-2H3. The number of amides is 1. The summed E-state index contributed by atoms with van der Waals surface area (Å²) in [5, 5.41) is 0. The van der Waals surface area contributed by atoms with Crippen molar-refractivity contribution in [2.24, 2.45) is 0 Å². The van der Waals surface area contributed by atoms with Gasteiger partial charge in [-0.1, -0.05) is 13.3 Å². The van der Waals surface area contributed by atoms with Crippen LogP contribution in [-0.2, 0) is 9.53 Å². The van der Waals surface area contributed by atoms with Crippen LogP contribution in [0.4, 0.5) is 11.6 Å². The van der Waals surface area contributed by atoms with E-state index in [-0.39, 0.29) is 5.91 Å². The van der Waals surface area contributed by atoms with Crippen molar-refractivity contribution < 1.29 is 9.53 Å². The number of morpholine rings is 1. The average Bonchev–Trinajstić information content (AvgIpc) is 2.66.